The van der Waals surface area contributed by atoms with Gasteiger partial charge in [0.05, 0.1) is 16.9 Å². The third-order valence-electron chi connectivity index (χ3n) is 4.08. The highest BCUT2D eigenvalue weighted by atomic mass is 32.2. The van der Waals surface area contributed by atoms with E-state index in [-0.39, 0.29) is 22.7 Å². The standard InChI is InChI=1S/C17H18FN3O3S/c1-25(23,24)14-4-2-3-13(9-14)20-17(22)15-10-19-21-16(15)11-5-7-12(18)8-6-11/h2-9,15-16,19,21H,10H2,1H3,(H,20,22). The molecule has 2 aromatic carbocycles. The molecule has 1 fully saturated rings. The van der Waals surface area contributed by atoms with Gasteiger partial charge in [0, 0.05) is 18.5 Å². The minimum absolute atomic E-state index is 0.142. The van der Waals surface area contributed by atoms with Crippen molar-refractivity contribution in [2.75, 3.05) is 18.1 Å². The molecule has 6 nitrogen and oxygen atoms in total. The summed E-state index contributed by atoms with van der Waals surface area (Å²) in [6.45, 7) is 0.402. The number of carbonyl (C=O) groups is 1. The van der Waals surface area contributed by atoms with Crippen LogP contribution in [0.25, 0.3) is 0 Å². The zero-order valence-electron chi connectivity index (χ0n) is 13.5. The summed E-state index contributed by atoms with van der Waals surface area (Å²) in [5, 5.41) is 2.75. The van der Waals surface area contributed by atoms with Crippen molar-refractivity contribution in [3.63, 3.8) is 0 Å². The molecule has 0 aliphatic carbocycles. The molecule has 0 radical (unpaired) electrons. The summed E-state index contributed by atoms with van der Waals surface area (Å²) in [5.74, 6) is -1.02. The maximum absolute atomic E-state index is 13.1. The monoisotopic (exact) mass is 363 g/mol. The van der Waals surface area contributed by atoms with Crippen molar-refractivity contribution in [2.45, 2.75) is 10.9 Å². The molecule has 0 saturated carbocycles. The first-order chi connectivity index (χ1) is 11.8. The van der Waals surface area contributed by atoms with Crippen molar-refractivity contribution in [1.82, 2.24) is 10.9 Å². The number of carbonyl (C=O) groups excluding carboxylic acids is 1. The quantitative estimate of drug-likeness (QED) is 0.769. The van der Waals surface area contributed by atoms with Gasteiger partial charge in [0.1, 0.15) is 5.82 Å². The number of hydrogen-bond acceptors (Lipinski definition) is 5. The molecule has 2 atom stereocenters. The fourth-order valence-corrected chi connectivity index (χ4v) is 3.43. The van der Waals surface area contributed by atoms with Gasteiger partial charge in [0.25, 0.3) is 0 Å². The average molecular weight is 363 g/mol. The molecule has 1 saturated heterocycles. The van der Waals surface area contributed by atoms with Gasteiger partial charge in [-0.25, -0.2) is 18.2 Å². The molecule has 0 aromatic heterocycles. The number of hydrogen-bond donors (Lipinski definition) is 3. The van der Waals surface area contributed by atoms with Crippen LogP contribution in [0.2, 0.25) is 0 Å². The molecule has 0 spiro atoms. The van der Waals surface area contributed by atoms with Crippen LogP contribution in [0, 0.1) is 11.7 Å². The summed E-state index contributed by atoms with van der Waals surface area (Å²) in [7, 11) is -3.35. The van der Waals surface area contributed by atoms with Gasteiger partial charge in [-0.1, -0.05) is 18.2 Å². The lowest BCUT2D eigenvalue weighted by Gasteiger charge is -2.18. The first-order valence-electron chi connectivity index (χ1n) is 7.69. The van der Waals surface area contributed by atoms with Crippen molar-refractivity contribution >= 4 is 21.4 Å². The van der Waals surface area contributed by atoms with Crippen molar-refractivity contribution in [3.8, 4) is 0 Å². The van der Waals surface area contributed by atoms with E-state index in [4.69, 9.17) is 0 Å². The van der Waals surface area contributed by atoms with E-state index in [1.807, 2.05) is 0 Å². The van der Waals surface area contributed by atoms with Crippen molar-refractivity contribution < 1.29 is 17.6 Å². The van der Waals surface area contributed by atoms with Gasteiger partial charge in [-0.2, -0.15) is 0 Å². The molecular weight excluding hydrogens is 345 g/mol. The number of sulfone groups is 1. The number of benzene rings is 2. The zero-order valence-corrected chi connectivity index (χ0v) is 14.3. The number of hydrazine groups is 1. The summed E-state index contributed by atoms with van der Waals surface area (Å²) in [4.78, 5) is 12.8. The lowest BCUT2D eigenvalue weighted by Crippen LogP contribution is -2.29. The Morgan fingerprint density at radius 1 is 1.20 bits per heavy atom. The molecule has 1 aliphatic rings. The van der Waals surface area contributed by atoms with Gasteiger partial charge < -0.3 is 5.32 Å². The Morgan fingerprint density at radius 2 is 1.92 bits per heavy atom. The third kappa shape index (κ3) is 4.04. The predicted octanol–water partition coefficient (Wildman–Crippen LogP) is 1.63. The zero-order chi connectivity index (χ0) is 18.0. The minimum Gasteiger partial charge on any atom is -0.326 e. The molecule has 0 bridgehead atoms. The Labute approximate surface area is 145 Å². The average Bonchev–Trinajstić information content (AvgIpc) is 3.05. The van der Waals surface area contributed by atoms with Gasteiger partial charge in [0.15, 0.2) is 9.84 Å². The van der Waals surface area contributed by atoms with Gasteiger partial charge in [0.2, 0.25) is 5.91 Å². The highest BCUT2D eigenvalue weighted by Crippen LogP contribution is 2.26. The maximum atomic E-state index is 13.1. The summed E-state index contributed by atoms with van der Waals surface area (Å²) in [5.41, 5.74) is 7.16. The van der Waals surface area contributed by atoms with Crippen LogP contribution in [0.4, 0.5) is 10.1 Å². The van der Waals surface area contributed by atoms with Crippen LogP contribution in [0.1, 0.15) is 11.6 Å². The van der Waals surface area contributed by atoms with Gasteiger partial charge in [-0.05, 0) is 35.9 Å². The van der Waals surface area contributed by atoms with E-state index >= 15 is 0 Å². The van der Waals surface area contributed by atoms with Crippen molar-refractivity contribution in [2.24, 2.45) is 5.92 Å². The Kier molecular flexibility index (Phi) is 4.85. The van der Waals surface area contributed by atoms with Crippen molar-refractivity contribution in [3.05, 3.63) is 59.9 Å². The Balaban J connectivity index is 1.77. The number of halogens is 1. The second-order valence-electron chi connectivity index (χ2n) is 5.95. The molecule has 25 heavy (non-hydrogen) atoms. The lowest BCUT2D eigenvalue weighted by atomic mass is 9.94. The molecule has 1 heterocycles. The lowest BCUT2D eigenvalue weighted by molar-refractivity contribution is -0.119. The number of nitrogens with one attached hydrogen (secondary N) is 3. The summed E-state index contributed by atoms with van der Waals surface area (Å²) < 4.78 is 36.3. The molecule has 1 amide bonds. The van der Waals surface area contributed by atoms with E-state index in [0.29, 0.717) is 12.2 Å². The van der Waals surface area contributed by atoms with Crippen LogP contribution in [0.3, 0.4) is 0 Å². The molecule has 132 valence electrons. The van der Waals surface area contributed by atoms with E-state index < -0.39 is 15.8 Å². The number of anilines is 1. The molecule has 2 unspecified atom stereocenters. The fourth-order valence-electron chi connectivity index (χ4n) is 2.77. The topological polar surface area (TPSA) is 87.3 Å². The highest BCUT2D eigenvalue weighted by Gasteiger charge is 2.34. The molecular formula is C17H18FN3O3S. The predicted molar refractivity (Wildman–Crippen MR) is 92.0 cm³/mol. The SMILES string of the molecule is CS(=O)(=O)c1cccc(NC(=O)C2CNNC2c2ccc(F)cc2)c1. The Morgan fingerprint density at radius 3 is 2.60 bits per heavy atom. The van der Waals surface area contributed by atoms with E-state index in [9.17, 15) is 17.6 Å². The van der Waals surface area contributed by atoms with Crippen LogP contribution in [0.5, 0.6) is 0 Å². The summed E-state index contributed by atoms with van der Waals surface area (Å²) in [6, 6.07) is 11.8. The third-order valence-corrected chi connectivity index (χ3v) is 5.19. The minimum atomic E-state index is -3.35. The second kappa shape index (κ2) is 6.91. The van der Waals surface area contributed by atoms with Gasteiger partial charge in [-0.15, -0.1) is 0 Å². The molecule has 3 rings (SSSR count). The smallest absolute Gasteiger partial charge is 0.230 e. The second-order valence-corrected chi connectivity index (χ2v) is 7.97. The van der Waals surface area contributed by atoms with E-state index in [1.165, 1.54) is 24.3 Å². The van der Waals surface area contributed by atoms with Gasteiger partial charge >= 0.3 is 0 Å². The first-order valence-corrected chi connectivity index (χ1v) is 9.58. The Bertz CT molecular complexity index is 884. The largest absolute Gasteiger partial charge is 0.326 e. The Hall–Kier alpha value is -2.29. The van der Waals surface area contributed by atoms with Crippen LogP contribution < -0.4 is 16.2 Å². The molecule has 8 heteroatoms. The van der Waals surface area contributed by atoms with Gasteiger partial charge in [-0.3, -0.25) is 10.2 Å². The van der Waals surface area contributed by atoms with Crippen LogP contribution in [-0.2, 0) is 14.6 Å². The maximum Gasteiger partial charge on any atom is 0.230 e. The first kappa shape index (κ1) is 17.5. The van der Waals surface area contributed by atoms with Crippen LogP contribution >= 0.6 is 0 Å². The fraction of sp³-hybridized carbons (Fsp3) is 0.235. The van der Waals surface area contributed by atoms with Crippen molar-refractivity contribution in [1.29, 1.82) is 0 Å². The molecule has 2 aromatic rings. The molecule has 3 N–H and O–H groups in total. The summed E-state index contributed by atoms with van der Waals surface area (Å²) in [6.07, 6.45) is 1.11. The van der Waals surface area contributed by atoms with E-state index in [2.05, 4.69) is 16.2 Å². The van der Waals surface area contributed by atoms with E-state index in [0.717, 1.165) is 11.8 Å². The van der Waals surface area contributed by atoms with Crippen LogP contribution in [0.15, 0.2) is 53.4 Å². The highest BCUT2D eigenvalue weighted by molar-refractivity contribution is 7.90. The number of amides is 1. The number of rotatable bonds is 4. The van der Waals surface area contributed by atoms with E-state index in [1.54, 1.807) is 24.3 Å². The normalized spacial score (nSPS) is 20.4. The molecule has 1 aliphatic heterocycles. The van der Waals surface area contributed by atoms with Crippen LogP contribution in [-0.4, -0.2) is 27.1 Å². The summed E-state index contributed by atoms with van der Waals surface area (Å²) >= 11 is 0.